The van der Waals surface area contributed by atoms with Gasteiger partial charge < -0.3 is 4.52 Å². The van der Waals surface area contributed by atoms with Crippen molar-refractivity contribution >= 4 is 7.52 Å². The van der Waals surface area contributed by atoms with Crippen molar-refractivity contribution < 1.29 is 9.09 Å². The maximum absolute atomic E-state index is 11.8. The number of rotatable bonds is 7. The highest BCUT2D eigenvalue weighted by molar-refractivity contribution is 7.55. The molecule has 0 aromatic heterocycles. The van der Waals surface area contributed by atoms with Crippen LogP contribution in [-0.4, -0.2) is 31.5 Å². The van der Waals surface area contributed by atoms with E-state index in [2.05, 4.69) is 5.92 Å². The summed E-state index contributed by atoms with van der Waals surface area (Å²) in [5, 5.41) is 0. The molecule has 0 saturated carbocycles. The van der Waals surface area contributed by atoms with Crippen molar-refractivity contribution in [3.05, 3.63) is 0 Å². The van der Waals surface area contributed by atoms with E-state index in [-0.39, 0.29) is 0 Å². The van der Waals surface area contributed by atoms with E-state index >= 15 is 0 Å². The number of terminal acetylenes is 1. The van der Waals surface area contributed by atoms with E-state index in [0.717, 1.165) is 25.8 Å². The zero-order valence-electron chi connectivity index (χ0n) is 9.32. The fourth-order valence-electron chi connectivity index (χ4n) is 1.09. The third-order valence-electron chi connectivity index (χ3n) is 2.04. The summed E-state index contributed by atoms with van der Waals surface area (Å²) in [6.07, 6.45) is 7.87. The zero-order chi connectivity index (χ0) is 11.0. The molecular weight excluding hydrogens is 197 g/mol. The zero-order valence-corrected chi connectivity index (χ0v) is 10.2. The molecule has 0 bridgehead atoms. The molecule has 3 nitrogen and oxygen atoms in total. The highest BCUT2D eigenvalue weighted by Gasteiger charge is 2.20. The van der Waals surface area contributed by atoms with Gasteiger partial charge in [0.05, 0.1) is 6.61 Å². The standard InChI is InChI=1S/C10H20NO2P/c1-5-7-8-9-10-11(3)14(4,12)13-6-2/h1H,6-10H2,2-4H3. The van der Waals surface area contributed by atoms with Crippen molar-refractivity contribution in [1.82, 2.24) is 4.67 Å². The van der Waals surface area contributed by atoms with Gasteiger partial charge in [0, 0.05) is 19.6 Å². The normalized spacial score (nSPS) is 15.1. The molecule has 14 heavy (non-hydrogen) atoms. The Labute approximate surface area is 87.3 Å². The van der Waals surface area contributed by atoms with Crippen LogP contribution in [0, 0.1) is 12.3 Å². The highest BCUT2D eigenvalue weighted by atomic mass is 31.2. The topological polar surface area (TPSA) is 29.5 Å². The summed E-state index contributed by atoms with van der Waals surface area (Å²) >= 11 is 0. The summed E-state index contributed by atoms with van der Waals surface area (Å²) in [4.78, 5) is 0. The van der Waals surface area contributed by atoms with Gasteiger partial charge in [0.2, 0.25) is 0 Å². The third kappa shape index (κ3) is 5.44. The van der Waals surface area contributed by atoms with Gasteiger partial charge in [-0.05, 0) is 26.8 Å². The maximum Gasteiger partial charge on any atom is 0.269 e. The minimum atomic E-state index is -2.55. The van der Waals surface area contributed by atoms with Crippen LogP contribution in [0.5, 0.6) is 0 Å². The molecule has 4 heteroatoms. The average molecular weight is 217 g/mol. The molecule has 0 aromatic carbocycles. The molecule has 1 atom stereocenters. The first-order chi connectivity index (χ1) is 6.54. The van der Waals surface area contributed by atoms with Crippen LogP contribution in [0.3, 0.4) is 0 Å². The summed E-state index contributed by atoms with van der Waals surface area (Å²) in [6.45, 7) is 4.76. The second kappa shape index (κ2) is 7.06. The molecule has 0 rings (SSSR count). The monoisotopic (exact) mass is 217 g/mol. The predicted octanol–water partition coefficient (Wildman–Crippen LogP) is 2.58. The van der Waals surface area contributed by atoms with Gasteiger partial charge in [-0.15, -0.1) is 12.3 Å². The third-order valence-corrected chi connectivity index (χ3v) is 4.22. The van der Waals surface area contributed by atoms with E-state index in [9.17, 15) is 4.57 Å². The fraction of sp³-hybridized carbons (Fsp3) is 0.800. The average Bonchev–Trinajstić information content (AvgIpc) is 2.12. The second-order valence-electron chi connectivity index (χ2n) is 3.26. The van der Waals surface area contributed by atoms with Crippen LogP contribution >= 0.6 is 7.52 Å². The molecule has 0 spiro atoms. The van der Waals surface area contributed by atoms with Crippen molar-refractivity contribution in [2.24, 2.45) is 0 Å². The lowest BCUT2D eigenvalue weighted by atomic mass is 10.2. The number of unbranched alkanes of at least 4 members (excludes halogenated alkanes) is 2. The summed E-state index contributed by atoms with van der Waals surface area (Å²) in [7, 11) is -0.725. The minimum Gasteiger partial charge on any atom is -0.318 e. The van der Waals surface area contributed by atoms with Gasteiger partial charge >= 0.3 is 0 Å². The van der Waals surface area contributed by atoms with Crippen molar-refractivity contribution in [1.29, 1.82) is 0 Å². The summed E-state index contributed by atoms with van der Waals surface area (Å²) < 4.78 is 18.8. The Balaban J connectivity index is 3.78. The minimum absolute atomic E-state index is 0.489. The summed E-state index contributed by atoms with van der Waals surface area (Å²) in [6, 6.07) is 0. The van der Waals surface area contributed by atoms with E-state index in [0.29, 0.717) is 6.61 Å². The molecule has 0 saturated heterocycles. The van der Waals surface area contributed by atoms with Gasteiger partial charge in [0.1, 0.15) is 0 Å². The Bertz CT molecular complexity index is 235. The van der Waals surface area contributed by atoms with Gasteiger partial charge in [-0.3, -0.25) is 4.57 Å². The van der Waals surface area contributed by atoms with Crippen LogP contribution < -0.4 is 0 Å². The van der Waals surface area contributed by atoms with Gasteiger partial charge in [-0.25, -0.2) is 4.67 Å². The Hall–Kier alpha value is -0.290. The molecule has 0 aromatic rings. The number of hydrogen-bond acceptors (Lipinski definition) is 2. The van der Waals surface area contributed by atoms with Crippen LogP contribution in [0.15, 0.2) is 0 Å². The quantitative estimate of drug-likeness (QED) is 0.373. The SMILES string of the molecule is C#CCCCCN(C)P(C)(=O)OCC. The lowest BCUT2D eigenvalue weighted by Gasteiger charge is -2.23. The predicted molar refractivity (Wildman–Crippen MR) is 60.5 cm³/mol. The van der Waals surface area contributed by atoms with E-state index in [4.69, 9.17) is 10.9 Å². The smallest absolute Gasteiger partial charge is 0.269 e. The van der Waals surface area contributed by atoms with Crippen LogP contribution in [0.1, 0.15) is 26.2 Å². The molecule has 0 aliphatic carbocycles. The van der Waals surface area contributed by atoms with Gasteiger partial charge in [-0.2, -0.15) is 0 Å². The highest BCUT2D eigenvalue weighted by Crippen LogP contribution is 2.45. The van der Waals surface area contributed by atoms with Gasteiger partial charge in [0.15, 0.2) is 0 Å². The molecular formula is C10H20NO2P. The fourth-order valence-corrected chi connectivity index (χ4v) is 2.27. The lowest BCUT2D eigenvalue weighted by molar-refractivity contribution is 0.289. The Kier molecular flexibility index (Phi) is 6.92. The molecule has 82 valence electrons. The lowest BCUT2D eigenvalue weighted by Crippen LogP contribution is -2.17. The first-order valence-corrected chi connectivity index (χ1v) is 6.94. The summed E-state index contributed by atoms with van der Waals surface area (Å²) in [5.41, 5.74) is 0. The maximum atomic E-state index is 11.8. The van der Waals surface area contributed by atoms with Crippen molar-refractivity contribution in [2.45, 2.75) is 26.2 Å². The van der Waals surface area contributed by atoms with Crippen LogP contribution in [0.4, 0.5) is 0 Å². The van der Waals surface area contributed by atoms with Crippen LogP contribution in [0.25, 0.3) is 0 Å². The molecule has 0 radical (unpaired) electrons. The molecule has 0 aliphatic rings. The summed E-state index contributed by atoms with van der Waals surface area (Å²) in [5.74, 6) is 2.59. The van der Waals surface area contributed by atoms with Crippen LogP contribution in [0.2, 0.25) is 0 Å². The van der Waals surface area contributed by atoms with E-state index < -0.39 is 7.52 Å². The molecule has 0 fully saturated rings. The Morgan fingerprint density at radius 2 is 2.14 bits per heavy atom. The first-order valence-electron chi connectivity index (χ1n) is 4.91. The molecule has 0 heterocycles. The number of nitrogens with zero attached hydrogens (tertiary/aromatic N) is 1. The molecule has 1 unspecified atom stereocenters. The molecule has 0 aliphatic heterocycles. The second-order valence-corrected chi connectivity index (χ2v) is 5.81. The Morgan fingerprint density at radius 1 is 1.50 bits per heavy atom. The largest absolute Gasteiger partial charge is 0.318 e. The molecule has 0 N–H and O–H groups in total. The van der Waals surface area contributed by atoms with Crippen molar-refractivity contribution in [3.8, 4) is 12.3 Å². The number of hydrogen-bond donors (Lipinski definition) is 0. The van der Waals surface area contributed by atoms with Crippen LogP contribution in [-0.2, 0) is 9.09 Å². The van der Waals surface area contributed by atoms with Gasteiger partial charge in [0.25, 0.3) is 7.52 Å². The van der Waals surface area contributed by atoms with Crippen molar-refractivity contribution in [3.63, 3.8) is 0 Å². The first kappa shape index (κ1) is 13.7. The van der Waals surface area contributed by atoms with E-state index in [1.165, 1.54) is 0 Å². The molecule has 0 amide bonds. The van der Waals surface area contributed by atoms with E-state index in [1.54, 1.807) is 11.3 Å². The van der Waals surface area contributed by atoms with Gasteiger partial charge in [-0.1, -0.05) is 0 Å². The van der Waals surface area contributed by atoms with E-state index in [1.807, 2.05) is 14.0 Å². The Morgan fingerprint density at radius 3 is 2.64 bits per heavy atom. The van der Waals surface area contributed by atoms with Crippen molar-refractivity contribution in [2.75, 3.05) is 26.9 Å².